The van der Waals surface area contributed by atoms with Gasteiger partial charge in [0.15, 0.2) is 5.96 Å². The number of nitrogens with one attached hydrogen (secondary N) is 2. The second-order valence-electron chi connectivity index (χ2n) is 6.30. The number of amides is 1. The van der Waals surface area contributed by atoms with Gasteiger partial charge in [-0.05, 0) is 30.2 Å². The van der Waals surface area contributed by atoms with Crippen molar-refractivity contribution in [2.75, 3.05) is 32.0 Å². The molecule has 1 heterocycles. The van der Waals surface area contributed by atoms with Crippen LogP contribution in [0.4, 0.5) is 10.1 Å². The number of hydrogen-bond acceptors (Lipinski definition) is 2. The second kappa shape index (κ2) is 8.47. The van der Waals surface area contributed by atoms with E-state index in [1.54, 1.807) is 19.2 Å². The molecule has 3 rings (SSSR count). The van der Waals surface area contributed by atoms with Crippen LogP contribution in [-0.2, 0) is 4.79 Å². The number of anilines is 1. The van der Waals surface area contributed by atoms with Gasteiger partial charge in [0, 0.05) is 31.7 Å². The fraction of sp³-hybridized carbons (Fsp3) is 0.300. The van der Waals surface area contributed by atoms with E-state index in [4.69, 9.17) is 0 Å². The number of carbonyl (C=O) groups excluding carboxylic acids is 1. The summed E-state index contributed by atoms with van der Waals surface area (Å²) in [7, 11) is 1.71. The standard InChI is InChI=1S/C20H23FN4O/c1-22-20(23-13-19(26)24-18-9-5-8-17(21)12-18)25-11-10-16(14-25)15-6-3-2-4-7-15/h2-9,12,16H,10-11,13-14H2,1H3,(H,22,23)(H,24,26). The number of benzene rings is 2. The van der Waals surface area contributed by atoms with E-state index >= 15 is 0 Å². The molecule has 0 radical (unpaired) electrons. The van der Waals surface area contributed by atoms with Gasteiger partial charge >= 0.3 is 0 Å². The van der Waals surface area contributed by atoms with Crippen LogP contribution < -0.4 is 10.6 Å². The normalized spacial score (nSPS) is 17.2. The predicted octanol–water partition coefficient (Wildman–Crippen LogP) is 2.83. The Bertz CT molecular complexity index is 778. The smallest absolute Gasteiger partial charge is 0.243 e. The van der Waals surface area contributed by atoms with E-state index < -0.39 is 0 Å². The molecule has 0 spiro atoms. The highest BCUT2D eigenvalue weighted by Crippen LogP contribution is 2.26. The number of guanidine groups is 1. The summed E-state index contributed by atoms with van der Waals surface area (Å²) in [5.41, 5.74) is 1.77. The molecule has 0 saturated carbocycles. The molecule has 1 unspecified atom stereocenters. The van der Waals surface area contributed by atoms with E-state index in [9.17, 15) is 9.18 Å². The molecule has 1 atom stereocenters. The third-order valence-electron chi connectivity index (χ3n) is 4.49. The zero-order valence-corrected chi connectivity index (χ0v) is 14.8. The zero-order chi connectivity index (χ0) is 18.4. The van der Waals surface area contributed by atoms with Crippen LogP contribution in [0.15, 0.2) is 59.6 Å². The first-order valence-corrected chi connectivity index (χ1v) is 8.71. The van der Waals surface area contributed by atoms with E-state index in [1.165, 1.54) is 17.7 Å². The Hall–Kier alpha value is -2.89. The molecule has 0 bridgehead atoms. The molecule has 6 heteroatoms. The van der Waals surface area contributed by atoms with Crippen molar-refractivity contribution in [1.29, 1.82) is 0 Å². The van der Waals surface area contributed by atoms with Gasteiger partial charge in [0.2, 0.25) is 5.91 Å². The van der Waals surface area contributed by atoms with Crippen LogP contribution in [0, 0.1) is 5.82 Å². The summed E-state index contributed by atoms with van der Waals surface area (Å²) in [5.74, 6) is 0.555. The van der Waals surface area contributed by atoms with Gasteiger partial charge in [0.1, 0.15) is 5.82 Å². The Morgan fingerprint density at radius 3 is 2.77 bits per heavy atom. The lowest BCUT2D eigenvalue weighted by Crippen LogP contribution is -2.43. The van der Waals surface area contributed by atoms with E-state index in [1.807, 2.05) is 6.07 Å². The Labute approximate surface area is 152 Å². The quantitative estimate of drug-likeness (QED) is 0.656. The minimum atomic E-state index is -0.379. The predicted molar refractivity (Wildman–Crippen MR) is 102 cm³/mol. The third-order valence-corrected chi connectivity index (χ3v) is 4.49. The van der Waals surface area contributed by atoms with Crippen LogP contribution in [0.2, 0.25) is 0 Å². The molecule has 1 aliphatic rings. The van der Waals surface area contributed by atoms with Crippen molar-refractivity contribution in [2.24, 2.45) is 4.99 Å². The second-order valence-corrected chi connectivity index (χ2v) is 6.30. The molecule has 2 aromatic carbocycles. The maximum Gasteiger partial charge on any atom is 0.243 e. The van der Waals surface area contributed by atoms with Crippen molar-refractivity contribution in [3.05, 3.63) is 66.0 Å². The van der Waals surface area contributed by atoms with E-state index in [-0.39, 0.29) is 18.3 Å². The summed E-state index contributed by atoms with van der Waals surface area (Å²) in [5, 5.41) is 5.76. The number of halogens is 1. The monoisotopic (exact) mass is 354 g/mol. The van der Waals surface area contributed by atoms with Gasteiger partial charge in [-0.15, -0.1) is 0 Å². The summed E-state index contributed by atoms with van der Waals surface area (Å²) in [6, 6.07) is 16.3. The Morgan fingerprint density at radius 2 is 2.04 bits per heavy atom. The highest BCUT2D eigenvalue weighted by molar-refractivity contribution is 5.95. The van der Waals surface area contributed by atoms with Gasteiger partial charge in [0.25, 0.3) is 0 Å². The highest BCUT2D eigenvalue weighted by Gasteiger charge is 2.26. The molecule has 2 aromatic rings. The Kier molecular flexibility index (Phi) is 5.84. The van der Waals surface area contributed by atoms with Crippen molar-refractivity contribution in [2.45, 2.75) is 12.3 Å². The van der Waals surface area contributed by atoms with Crippen LogP contribution >= 0.6 is 0 Å². The van der Waals surface area contributed by atoms with Crippen LogP contribution in [0.25, 0.3) is 0 Å². The van der Waals surface area contributed by atoms with Crippen molar-refractivity contribution in [3.8, 4) is 0 Å². The fourth-order valence-corrected chi connectivity index (χ4v) is 3.21. The first-order valence-electron chi connectivity index (χ1n) is 8.71. The molecule has 0 aromatic heterocycles. The Morgan fingerprint density at radius 1 is 1.23 bits per heavy atom. The van der Waals surface area contributed by atoms with Crippen LogP contribution in [0.5, 0.6) is 0 Å². The minimum absolute atomic E-state index is 0.0791. The number of carbonyl (C=O) groups is 1. The summed E-state index contributed by atoms with van der Waals surface area (Å²) in [6.07, 6.45) is 1.06. The van der Waals surface area contributed by atoms with Gasteiger partial charge in [0.05, 0.1) is 6.54 Å². The molecule has 136 valence electrons. The van der Waals surface area contributed by atoms with E-state index in [2.05, 4.69) is 44.8 Å². The summed E-state index contributed by atoms with van der Waals surface area (Å²) >= 11 is 0. The summed E-state index contributed by atoms with van der Waals surface area (Å²) in [6.45, 7) is 1.84. The fourth-order valence-electron chi connectivity index (χ4n) is 3.21. The van der Waals surface area contributed by atoms with Crippen molar-refractivity contribution >= 4 is 17.6 Å². The highest BCUT2D eigenvalue weighted by atomic mass is 19.1. The maximum atomic E-state index is 13.2. The van der Waals surface area contributed by atoms with E-state index in [0.717, 1.165) is 19.5 Å². The number of hydrogen-bond donors (Lipinski definition) is 2. The largest absolute Gasteiger partial charge is 0.347 e. The topological polar surface area (TPSA) is 56.7 Å². The van der Waals surface area contributed by atoms with Crippen molar-refractivity contribution < 1.29 is 9.18 Å². The first-order chi connectivity index (χ1) is 12.7. The SMILES string of the molecule is CN=C(NCC(=O)Nc1cccc(F)c1)N1CCC(c2ccccc2)C1. The number of aliphatic imine (C=N–C) groups is 1. The van der Waals surface area contributed by atoms with Gasteiger partial charge in [-0.25, -0.2) is 4.39 Å². The summed E-state index contributed by atoms with van der Waals surface area (Å²) < 4.78 is 13.2. The average molecular weight is 354 g/mol. The van der Waals surface area contributed by atoms with Crippen LogP contribution in [0.3, 0.4) is 0 Å². The van der Waals surface area contributed by atoms with Gasteiger partial charge in [-0.1, -0.05) is 36.4 Å². The molecule has 1 aliphatic heterocycles. The number of nitrogens with zero attached hydrogens (tertiary/aromatic N) is 2. The molecule has 2 N–H and O–H groups in total. The van der Waals surface area contributed by atoms with Crippen molar-refractivity contribution in [3.63, 3.8) is 0 Å². The maximum absolute atomic E-state index is 13.2. The van der Waals surface area contributed by atoms with Gasteiger partial charge in [-0.2, -0.15) is 0 Å². The Balaban J connectivity index is 1.51. The molecule has 5 nitrogen and oxygen atoms in total. The first kappa shape index (κ1) is 17.9. The third kappa shape index (κ3) is 4.59. The zero-order valence-electron chi connectivity index (χ0n) is 14.8. The van der Waals surface area contributed by atoms with Crippen LogP contribution in [-0.4, -0.2) is 43.4 Å². The summed E-state index contributed by atoms with van der Waals surface area (Å²) in [4.78, 5) is 18.5. The number of likely N-dealkylation sites (tertiary alicyclic amines) is 1. The molecule has 1 fully saturated rings. The van der Waals surface area contributed by atoms with Gasteiger partial charge in [-0.3, -0.25) is 9.79 Å². The van der Waals surface area contributed by atoms with E-state index in [0.29, 0.717) is 17.6 Å². The molecule has 26 heavy (non-hydrogen) atoms. The number of rotatable bonds is 4. The lowest BCUT2D eigenvalue weighted by Gasteiger charge is -2.21. The lowest BCUT2D eigenvalue weighted by atomic mass is 9.99. The van der Waals surface area contributed by atoms with Crippen LogP contribution in [0.1, 0.15) is 17.9 Å². The molecule has 1 amide bonds. The molecular formula is C20H23FN4O. The molecule has 1 saturated heterocycles. The minimum Gasteiger partial charge on any atom is -0.347 e. The molecular weight excluding hydrogens is 331 g/mol. The average Bonchev–Trinajstić information content (AvgIpc) is 3.13. The lowest BCUT2D eigenvalue weighted by molar-refractivity contribution is -0.115. The molecule has 0 aliphatic carbocycles. The van der Waals surface area contributed by atoms with Gasteiger partial charge < -0.3 is 15.5 Å². The van der Waals surface area contributed by atoms with Crippen molar-refractivity contribution in [1.82, 2.24) is 10.2 Å².